The van der Waals surface area contributed by atoms with Crippen LogP contribution in [0.5, 0.6) is 0 Å². The quantitative estimate of drug-likeness (QED) is 0.616. The summed E-state index contributed by atoms with van der Waals surface area (Å²) < 4.78 is 0. The average Bonchev–Trinajstić information content (AvgIpc) is 3.15. The number of pyridine rings is 1. The van der Waals surface area contributed by atoms with E-state index in [1.165, 1.54) is 0 Å². The van der Waals surface area contributed by atoms with Crippen molar-refractivity contribution in [2.24, 2.45) is 0 Å². The second kappa shape index (κ2) is 8.44. The van der Waals surface area contributed by atoms with Crippen LogP contribution < -0.4 is 10.6 Å². The van der Waals surface area contributed by atoms with E-state index < -0.39 is 0 Å². The summed E-state index contributed by atoms with van der Waals surface area (Å²) in [7, 11) is 0. The second-order valence-corrected chi connectivity index (χ2v) is 6.36. The van der Waals surface area contributed by atoms with Crippen LogP contribution in [0.25, 0.3) is 11.4 Å². The number of aromatic nitrogens is 4. The van der Waals surface area contributed by atoms with Crippen LogP contribution in [-0.4, -0.2) is 26.2 Å². The molecule has 0 unspecified atom stereocenters. The SMILES string of the molecule is CCc1nc(-c2cccc(NC(=O)N[C@H](CC)c3cc(C)ccn3)c2)n[nH]1. The van der Waals surface area contributed by atoms with Crippen molar-refractivity contribution in [2.75, 3.05) is 5.32 Å². The van der Waals surface area contributed by atoms with E-state index in [4.69, 9.17) is 0 Å². The third-order valence-electron chi connectivity index (χ3n) is 4.25. The number of nitrogens with one attached hydrogen (secondary N) is 3. The molecule has 0 saturated carbocycles. The first-order chi connectivity index (χ1) is 13.1. The first kappa shape index (κ1) is 18.6. The molecule has 7 heteroatoms. The van der Waals surface area contributed by atoms with Crippen molar-refractivity contribution >= 4 is 11.7 Å². The number of urea groups is 1. The topological polar surface area (TPSA) is 95.6 Å². The highest BCUT2D eigenvalue weighted by Crippen LogP contribution is 2.20. The number of carbonyl (C=O) groups excluding carboxylic acids is 1. The number of aryl methyl sites for hydroxylation is 2. The summed E-state index contributed by atoms with van der Waals surface area (Å²) in [5, 5.41) is 13.0. The molecular formula is C20H24N6O. The van der Waals surface area contributed by atoms with Crippen LogP contribution >= 0.6 is 0 Å². The molecule has 2 heterocycles. The maximum absolute atomic E-state index is 12.5. The van der Waals surface area contributed by atoms with Crippen LogP contribution in [0.2, 0.25) is 0 Å². The fourth-order valence-corrected chi connectivity index (χ4v) is 2.78. The Labute approximate surface area is 158 Å². The van der Waals surface area contributed by atoms with E-state index in [2.05, 4.69) is 30.8 Å². The van der Waals surface area contributed by atoms with Crippen LogP contribution in [0.1, 0.15) is 43.4 Å². The van der Waals surface area contributed by atoms with Crippen molar-refractivity contribution < 1.29 is 4.79 Å². The summed E-state index contributed by atoms with van der Waals surface area (Å²) >= 11 is 0. The van der Waals surface area contributed by atoms with Crippen molar-refractivity contribution in [3.05, 3.63) is 59.7 Å². The summed E-state index contributed by atoms with van der Waals surface area (Å²) in [6, 6.07) is 11.0. The van der Waals surface area contributed by atoms with Crippen LogP contribution in [-0.2, 0) is 6.42 Å². The number of nitrogens with zero attached hydrogens (tertiary/aromatic N) is 3. The molecule has 3 aromatic rings. The zero-order valence-corrected chi connectivity index (χ0v) is 15.8. The first-order valence-electron chi connectivity index (χ1n) is 9.10. The van der Waals surface area contributed by atoms with Gasteiger partial charge in [-0.25, -0.2) is 9.78 Å². The van der Waals surface area contributed by atoms with Gasteiger partial charge in [-0.2, -0.15) is 5.10 Å². The molecule has 0 aliphatic heterocycles. The van der Waals surface area contributed by atoms with Gasteiger partial charge in [0.1, 0.15) is 5.82 Å². The van der Waals surface area contributed by atoms with Gasteiger partial charge in [-0.15, -0.1) is 0 Å². The predicted molar refractivity (Wildman–Crippen MR) is 105 cm³/mol. The minimum Gasteiger partial charge on any atom is -0.330 e. The first-order valence-corrected chi connectivity index (χ1v) is 9.10. The number of rotatable bonds is 6. The molecule has 7 nitrogen and oxygen atoms in total. The van der Waals surface area contributed by atoms with Crippen LogP contribution in [0.3, 0.4) is 0 Å². The second-order valence-electron chi connectivity index (χ2n) is 6.36. The molecule has 1 atom stereocenters. The molecule has 0 fully saturated rings. The molecular weight excluding hydrogens is 340 g/mol. The van der Waals surface area contributed by atoms with Gasteiger partial charge in [-0.05, 0) is 43.2 Å². The smallest absolute Gasteiger partial charge is 0.319 e. The van der Waals surface area contributed by atoms with Crippen molar-refractivity contribution in [3.63, 3.8) is 0 Å². The average molecular weight is 364 g/mol. The third kappa shape index (κ3) is 4.69. The monoisotopic (exact) mass is 364 g/mol. The lowest BCUT2D eigenvalue weighted by molar-refractivity contribution is 0.248. The Morgan fingerprint density at radius 2 is 2.07 bits per heavy atom. The van der Waals surface area contributed by atoms with Crippen molar-refractivity contribution in [3.8, 4) is 11.4 Å². The molecule has 27 heavy (non-hydrogen) atoms. The minimum absolute atomic E-state index is 0.145. The van der Waals surface area contributed by atoms with Gasteiger partial charge in [0.25, 0.3) is 0 Å². The molecule has 140 valence electrons. The van der Waals surface area contributed by atoms with Crippen molar-refractivity contribution in [2.45, 2.75) is 39.7 Å². The van der Waals surface area contributed by atoms with Crippen LogP contribution in [0, 0.1) is 6.92 Å². The number of anilines is 1. The Balaban J connectivity index is 1.69. The lowest BCUT2D eigenvalue weighted by atomic mass is 10.1. The van der Waals surface area contributed by atoms with E-state index in [0.717, 1.165) is 35.5 Å². The number of hydrogen-bond acceptors (Lipinski definition) is 4. The summed E-state index contributed by atoms with van der Waals surface area (Å²) in [5.41, 5.74) is 3.50. The van der Waals surface area contributed by atoms with Gasteiger partial charge in [-0.3, -0.25) is 10.1 Å². The van der Waals surface area contributed by atoms with Gasteiger partial charge >= 0.3 is 6.03 Å². The molecule has 0 spiro atoms. The zero-order valence-electron chi connectivity index (χ0n) is 15.8. The maximum atomic E-state index is 12.5. The standard InChI is InChI=1S/C20H24N6O/c1-4-16(17-11-13(3)9-10-21-17)23-20(27)22-15-8-6-7-14(12-15)19-24-18(5-2)25-26-19/h6-12,16H,4-5H2,1-3H3,(H2,22,23,27)(H,24,25,26)/t16-/m1/s1. The summed E-state index contributed by atoms with van der Waals surface area (Å²) in [4.78, 5) is 21.2. The van der Waals surface area contributed by atoms with E-state index in [9.17, 15) is 4.79 Å². The molecule has 1 aromatic carbocycles. The Kier molecular flexibility index (Phi) is 5.80. The lowest BCUT2D eigenvalue weighted by Crippen LogP contribution is -2.32. The highest BCUT2D eigenvalue weighted by molar-refractivity contribution is 5.90. The van der Waals surface area contributed by atoms with Crippen LogP contribution in [0.15, 0.2) is 42.6 Å². The molecule has 0 aliphatic rings. The van der Waals surface area contributed by atoms with Gasteiger partial charge in [0.2, 0.25) is 0 Å². The Bertz CT molecular complexity index is 920. The summed E-state index contributed by atoms with van der Waals surface area (Å²) in [5.74, 6) is 1.45. The highest BCUT2D eigenvalue weighted by atomic mass is 16.2. The summed E-state index contributed by atoms with van der Waals surface area (Å²) in [6.07, 6.45) is 3.30. The fraction of sp³-hybridized carbons (Fsp3) is 0.300. The number of H-pyrrole nitrogens is 1. The van der Waals surface area contributed by atoms with E-state index in [-0.39, 0.29) is 12.1 Å². The van der Waals surface area contributed by atoms with Gasteiger partial charge in [0, 0.05) is 23.9 Å². The molecule has 0 radical (unpaired) electrons. The van der Waals surface area contributed by atoms with Crippen molar-refractivity contribution in [1.29, 1.82) is 0 Å². The molecule has 3 N–H and O–H groups in total. The minimum atomic E-state index is -0.272. The molecule has 0 bridgehead atoms. The zero-order chi connectivity index (χ0) is 19.2. The molecule has 3 rings (SSSR count). The van der Waals surface area contributed by atoms with Gasteiger partial charge in [0.05, 0.1) is 11.7 Å². The van der Waals surface area contributed by atoms with Gasteiger partial charge in [0.15, 0.2) is 5.82 Å². The van der Waals surface area contributed by atoms with E-state index in [1.54, 1.807) is 6.20 Å². The number of hydrogen-bond donors (Lipinski definition) is 3. The Morgan fingerprint density at radius 3 is 2.78 bits per heavy atom. The molecule has 2 aromatic heterocycles. The molecule has 0 aliphatic carbocycles. The third-order valence-corrected chi connectivity index (χ3v) is 4.25. The Hall–Kier alpha value is -3.22. The van der Waals surface area contributed by atoms with Gasteiger partial charge < -0.3 is 10.6 Å². The van der Waals surface area contributed by atoms with Crippen molar-refractivity contribution in [1.82, 2.24) is 25.5 Å². The van der Waals surface area contributed by atoms with Gasteiger partial charge in [-0.1, -0.05) is 26.0 Å². The maximum Gasteiger partial charge on any atom is 0.319 e. The fourth-order valence-electron chi connectivity index (χ4n) is 2.78. The number of carbonyl (C=O) groups is 1. The number of aromatic amines is 1. The normalized spacial score (nSPS) is 11.8. The molecule has 2 amide bonds. The van der Waals surface area contributed by atoms with Crippen LogP contribution in [0.4, 0.5) is 10.5 Å². The predicted octanol–water partition coefficient (Wildman–Crippen LogP) is 4.01. The van der Waals surface area contributed by atoms with E-state index >= 15 is 0 Å². The molecule has 0 saturated heterocycles. The summed E-state index contributed by atoms with van der Waals surface area (Å²) in [6.45, 7) is 6.04. The number of amides is 2. The Morgan fingerprint density at radius 1 is 1.22 bits per heavy atom. The number of benzene rings is 1. The van der Waals surface area contributed by atoms with E-state index in [0.29, 0.717) is 11.5 Å². The lowest BCUT2D eigenvalue weighted by Gasteiger charge is -2.17. The highest BCUT2D eigenvalue weighted by Gasteiger charge is 2.14. The van der Waals surface area contributed by atoms with E-state index in [1.807, 2.05) is 57.2 Å². The largest absolute Gasteiger partial charge is 0.330 e.